The first-order valence-corrected chi connectivity index (χ1v) is 12.6. The van der Waals surface area contributed by atoms with Crippen LogP contribution in [0.1, 0.15) is 52.5 Å². The number of hydrogen-bond donors (Lipinski definition) is 4. The zero-order valence-electron chi connectivity index (χ0n) is 22.2. The van der Waals surface area contributed by atoms with E-state index >= 15 is 0 Å². The number of aromatic nitrogens is 4. The normalized spacial score (nSPS) is 14.1. The highest BCUT2D eigenvalue weighted by molar-refractivity contribution is 5.94. The third-order valence-corrected chi connectivity index (χ3v) is 6.52. The van der Waals surface area contributed by atoms with E-state index in [1.807, 2.05) is 69.6 Å². The number of imidazole rings is 1. The van der Waals surface area contributed by atoms with Crippen LogP contribution in [0.4, 0.5) is 10.6 Å². The van der Waals surface area contributed by atoms with E-state index in [1.165, 1.54) is 11.1 Å². The molecule has 0 aliphatic carbocycles. The van der Waals surface area contributed by atoms with Crippen LogP contribution in [0.2, 0.25) is 0 Å². The lowest BCUT2D eigenvalue weighted by molar-refractivity contribution is -0.128. The summed E-state index contributed by atoms with van der Waals surface area (Å²) in [5, 5.41) is 30.5. The van der Waals surface area contributed by atoms with Crippen molar-refractivity contribution in [3.05, 3.63) is 54.6 Å². The van der Waals surface area contributed by atoms with Crippen molar-refractivity contribution >= 4 is 17.8 Å². The Labute approximate surface area is 217 Å². The van der Waals surface area contributed by atoms with Gasteiger partial charge < -0.3 is 20.1 Å². The molecule has 200 valence electrons. The van der Waals surface area contributed by atoms with E-state index < -0.39 is 35.6 Å². The number of nitrogens with one attached hydrogen (secondary N) is 2. The van der Waals surface area contributed by atoms with Gasteiger partial charge in [0.15, 0.2) is 6.10 Å². The number of carboxylic acid groups (broad SMARTS) is 1. The molecule has 0 bridgehead atoms. The summed E-state index contributed by atoms with van der Waals surface area (Å²) >= 11 is 0. The van der Waals surface area contributed by atoms with E-state index in [0.717, 1.165) is 23.2 Å². The summed E-state index contributed by atoms with van der Waals surface area (Å²) in [5.74, 6) is -0.358. The Morgan fingerprint density at radius 2 is 1.89 bits per heavy atom. The average molecular weight is 511 g/mol. The number of benzene rings is 1. The van der Waals surface area contributed by atoms with Crippen molar-refractivity contribution < 1.29 is 19.8 Å². The van der Waals surface area contributed by atoms with Gasteiger partial charge in [0, 0.05) is 24.4 Å². The van der Waals surface area contributed by atoms with Gasteiger partial charge in [0.1, 0.15) is 5.82 Å². The summed E-state index contributed by atoms with van der Waals surface area (Å²) in [7, 11) is 0. The minimum atomic E-state index is -1.57. The number of unbranched alkanes of at least 4 members (excludes halogenated alkanes) is 1. The Bertz CT molecular complexity index is 1150. The second-order valence-electron chi connectivity index (χ2n) is 10.5. The molecule has 0 unspecified atom stereocenters. The van der Waals surface area contributed by atoms with Crippen LogP contribution in [-0.2, 0) is 11.3 Å². The molecule has 0 aliphatic rings. The number of aliphatic hydroxyl groups is 1. The minimum absolute atomic E-state index is 0.312. The highest BCUT2D eigenvalue weighted by Gasteiger charge is 2.42. The fourth-order valence-electron chi connectivity index (χ4n) is 4.39. The summed E-state index contributed by atoms with van der Waals surface area (Å²) in [6.07, 6.45) is 4.09. The molecule has 0 radical (unpaired) electrons. The topological polar surface area (TPSA) is 136 Å². The lowest BCUT2D eigenvalue weighted by Crippen LogP contribution is -2.59. The fraction of sp³-hybridized carbons (Fsp3) is 0.481. The molecule has 1 aromatic carbocycles. The Morgan fingerprint density at radius 3 is 2.46 bits per heavy atom. The zero-order valence-corrected chi connectivity index (χ0v) is 22.2. The van der Waals surface area contributed by atoms with Crippen LogP contribution in [0.5, 0.6) is 0 Å². The largest absolute Gasteiger partial charge is 0.465 e. The molecular weight excluding hydrogens is 472 g/mol. The van der Waals surface area contributed by atoms with E-state index in [9.17, 15) is 19.8 Å². The van der Waals surface area contributed by atoms with Gasteiger partial charge in [-0.3, -0.25) is 14.8 Å². The first kappa shape index (κ1) is 27.9. The molecule has 10 heteroatoms. The molecule has 0 spiro atoms. The van der Waals surface area contributed by atoms with Gasteiger partial charge in [-0.05, 0) is 18.8 Å². The van der Waals surface area contributed by atoms with Crippen LogP contribution >= 0.6 is 0 Å². The summed E-state index contributed by atoms with van der Waals surface area (Å²) in [5.41, 5.74) is 2.41. The number of carbonyl (C=O) groups excluding carboxylic acids is 1. The monoisotopic (exact) mass is 510 g/mol. The van der Waals surface area contributed by atoms with E-state index in [1.54, 1.807) is 12.4 Å². The number of aromatic amines is 1. The maximum absolute atomic E-state index is 12.9. The number of aryl methyl sites for hydroxylation is 1. The van der Waals surface area contributed by atoms with Crippen LogP contribution < -0.4 is 5.32 Å². The van der Waals surface area contributed by atoms with Gasteiger partial charge in [-0.25, -0.2) is 9.78 Å². The van der Waals surface area contributed by atoms with Crippen LogP contribution in [0, 0.1) is 12.3 Å². The molecule has 3 rings (SSSR count). The van der Waals surface area contributed by atoms with Crippen molar-refractivity contribution in [2.24, 2.45) is 5.41 Å². The molecule has 2 heterocycles. The van der Waals surface area contributed by atoms with Gasteiger partial charge in [0.25, 0.3) is 5.91 Å². The Balaban J connectivity index is 1.91. The number of amides is 2. The molecule has 3 aromatic rings. The van der Waals surface area contributed by atoms with E-state index in [-0.39, 0.29) is 0 Å². The number of H-pyrrole nitrogens is 1. The molecule has 10 nitrogen and oxygen atoms in total. The average Bonchev–Trinajstić information content (AvgIpc) is 3.52. The second-order valence-corrected chi connectivity index (χ2v) is 10.5. The third kappa shape index (κ3) is 7.19. The number of aliphatic hydroxyl groups excluding tert-OH is 1. The summed E-state index contributed by atoms with van der Waals surface area (Å²) < 4.78 is 1.87. The third-order valence-electron chi connectivity index (χ3n) is 6.52. The van der Waals surface area contributed by atoms with Gasteiger partial charge in [-0.15, -0.1) is 0 Å². The molecule has 0 aliphatic heterocycles. The maximum Gasteiger partial charge on any atom is 0.407 e. The molecule has 0 fully saturated rings. The maximum atomic E-state index is 12.9. The van der Waals surface area contributed by atoms with Crippen molar-refractivity contribution in [2.45, 2.75) is 78.6 Å². The first-order valence-electron chi connectivity index (χ1n) is 12.6. The molecule has 37 heavy (non-hydrogen) atoms. The Morgan fingerprint density at radius 1 is 1.19 bits per heavy atom. The Hall–Kier alpha value is -3.66. The summed E-state index contributed by atoms with van der Waals surface area (Å²) in [6.45, 7) is 10.2. The molecule has 3 atom stereocenters. The van der Waals surface area contributed by atoms with Crippen LogP contribution in [0.3, 0.4) is 0 Å². The van der Waals surface area contributed by atoms with Crippen molar-refractivity contribution in [3.63, 3.8) is 0 Å². The van der Waals surface area contributed by atoms with E-state index in [0.29, 0.717) is 25.2 Å². The molecule has 2 aromatic heterocycles. The number of nitrogens with zero attached hydrogens (tertiary/aromatic N) is 4. The quantitative estimate of drug-likeness (QED) is 0.299. The highest BCUT2D eigenvalue weighted by Crippen LogP contribution is 2.31. The van der Waals surface area contributed by atoms with Crippen molar-refractivity contribution in [3.8, 4) is 11.3 Å². The molecule has 4 N–H and O–H groups in total. The molecular formula is C27H38N6O4. The number of anilines is 1. The molecule has 2 amide bonds. The van der Waals surface area contributed by atoms with Gasteiger partial charge in [0.05, 0.1) is 30.3 Å². The van der Waals surface area contributed by atoms with Gasteiger partial charge in [0.2, 0.25) is 0 Å². The zero-order chi connectivity index (χ0) is 27.2. The lowest BCUT2D eigenvalue weighted by atomic mass is 9.83. The number of carbonyl (C=O) groups is 2. The van der Waals surface area contributed by atoms with Crippen LogP contribution in [-0.4, -0.2) is 65.0 Å². The first-order chi connectivity index (χ1) is 17.5. The van der Waals surface area contributed by atoms with Gasteiger partial charge in [-0.1, -0.05) is 70.4 Å². The second kappa shape index (κ2) is 12.1. The minimum Gasteiger partial charge on any atom is -0.465 e. The lowest BCUT2D eigenvalue weighted by Gasteiger charge is -2.44. The fourth-order valence-corrected chi connectivity index (χ4v) is 4.39. The van der Waals surface area contributed by atoms with Crippen LogP contribution in [0.15, 0.2) is 49.1 Å². The predicted molar refractivity (Wildman–Crippen MR) is 142 cm³/mol. The highest BCUT2D eigenvalue weighted by atomic mass is 16.4. The molecule has 0 saturated carbocycles. The van der Waals surface area contributed by atoms with Gasteiger partial charge >= 0.3 is 6.09 Å². The van der Waals surface area contributed by atoms with Gasteiger partial charge in [-0.2, -0.15) is 5.10 Å². The number of hydrogen-bond acceptors (Lipinski definition) is 5. The van der Waals surface area contributed by atoms with Crippen molar-refractivity contribution in [1.29, 1.82) is 0 Å². The standard InChI is InChI=1S/C27H38N6O4/c1-6-7-8-21(24(34)25(35)30-23-13-14-29-31-23)33(26(36)37)22(27(3,4)5)16-32-15-20(28-17-32)19-11-9-18(2)10-12-19/h9-15,17,21-22,24,34H,6-8,16H2,1-5H3,(H,36,37)(H2,29,30,31,35)/t21-,22+,24+/m0/s1. The van der Waals surface area contributed by atoms with Crippen molar-refractivity contribution in [2.75, 3.05) is 5.32 Å². The smallest absolute Gasteiger partial charge is 0.407 e. The summed E-state index contributed by atoms with van der Waals surface area (Å²) in [4.78, 5) is 31.4. The van der Waals surface area contributed by atoms with E-state index in [4.69, 9.17) is 0 Å². The van der Waals surface area contributed by atoms with Crippen LogP contribution in [0.25, 0.3) is 11.3 Å². The molecule has 0 saturated heterocycles. The Kier molecular flexibility index (Phi) is 9.09. The van der Waals surface area contributed by atoms with Crippen molar-refractivity contribution in [1.82, 2.24) is 24.6 Å². The van der Waals surface area contributed by atoms with E-state index in [2.05, 4.69) is 20.5 Å². The predicted octanol–water partition coefficient (Wildman–Crippen LogP) is 4.53. The SMILES string of the molecule is CCCC[C@@H]([C@@H](O)C(=O)Nc1ccn[nH]1)N(C(=O)O)[C@H](Cn1cnc(-c2ccc(C)cc2)c1)C(C)(C)C. The summed E-state index contributed by atoms with van der Waals surface area (Å²) in [6, 6.07) is 8.11. The number of rotatable bonds is 11.